The molecule has 0 aromatic heterocycles. The molecule has 1 heterocycles. The zero-order valence-corrected chi connectivity index (χ0v) is 13.4. The summed E-state index contributed by atoms with van der Waals surface area (Å²) in [6, 6.07) is 8.27. The van der Waals surface area contributed by atoms with E-state index in [1.165, 1.54) is 12.0 Å². The van der Waals surface area contributed by atoms with E-state index in [1.807, 2.05) is 26.0 Å². The monoisotopic (exact) mass is 290 g/mol. The predicted molar refractivity (Wildman–Crippen MR) is 85.6 cm³/mol. The van der Waals surface area contributed by atoms with Gasteiger partial charge in [-0.3, -0.25) is 4.90 Å². The van der Waals surface area contributed by atoms with Crippen LogP contribution >= 0.6 is 0 Å². The Morgan fingerprint density at radius 1 is 1.33 bits per heavy atom. The van der Waals surface area contributed by atoms with Crippen LogP contribution in [0.15, 0.2) is 24.3 Å². The molecule has 116 valence electrons. The van der Waals surface area contributed by atoms with Crippen molar-refractivity contribution in [3.8, 4) is 0 Å². The van der Waals surface area contributed by atoms with Crippen molar-refractivity contribution in [1.29, 1.82) is 0 Å². The van der Waals surface area contributed by atoms with E-state index in [0.29, 0.717) is 18.5 Å². The molecule has 1 aliphatic heterocycles. The van der Waals surface area contributed by atoms with Crippen LogP contribution in [0.3, 0.4) is 0 Å². The minimum Gasteiger partial charge on any atom is -0.443 e. The highest BCUT2D eigenvalue weighted by Crippen LogP contribution is 2.53. The number of nitrogens with two attached hydrogens (primary N) is 1. The minimum absolute atomic E-state index is 0.187. The predicted octanol–water partition coefficient (Wildman–Crippen LogP) is 3.29. The summed E-state index contributed by atoms with van der Waals surface area (Å²) in [5, 5.41) is 0. The fourth-order valence-electron chi connectivity index (χ4n) is 2.86. The summed E-state index contributed by atoms with van der Waals surface area (Å²) in [4.78, 5) is 13.4. The summed E-state index contributed by atoms with van der Waals surface area (Å²) in [7, 11) is 0. The lowest BCUT2D eigenvalue weighted by molar-refractivity contribution is 0.145. The van der Waals surface area contributed by atoms with Gasteiger partial charge in [-0.1, -0.05) is 39.8 Å². The first-order valence-electron chi connectivity index (χ1n) is 7.83. The molecule has 3 unspecified atom stereocenters. The van der Waals surface area contributed by atoms with Crippen molar-refractivity contribution >= 4 is 11.8 Å². The zero-order valence-electron chi connectivity index (χ0n) is 13.4. The first kappa shape index (κ1) is 15.8. The average Bonchev–Trinajstić information content (AvgIpc) is 2.96. The molecule has 21 heavy (non-hydrogen) atoms. The third-order valence-corrected chi connectivity index (χ3v) is 4.63. The molecule has 1 saturated carbocycles. The minimum atomic E-state index is -0.297. The maximum absolute atomic E-state index is 11.7. The smallest absolute Gasteiger partial charge is 0.414 e. The van der Waals surface area contributed by atoms with Crippen LogP contribution < -0.4 is 10.6 Å². The Morgan fingerprint density at radius 2 is 1.90 bits per heavy atom. The molecule has 1 aromatic carbocycles. The number of carbonyl (C=O) groups excluding carboxylic acids is 1. The van der Waals surface area contributed by atoms with Crippen LogP contribution in [-0.2, 0) is 10.2 Å². The molecule has 1 aromatic rings. The number of hydrogen-bond donors (Lipinski definition) is 1. The molecule has 2 aliphatic rings. The largest absolute Gasteiger partial charge is 0.443 e. The number of hydrogen-bond acceptors (Lipinski definition) is 3. The molecular weight excluding hydrogens is 264 g/mol. The molecule has 4 heteroatoms. The summed E-state index contributed by atoms with van der Waals surface area (Å²) in [5.41, 5.74) is 8.10. The van der Waals surface area contributed by atoms with E-state index in [2.05, 4.69) is 26.0 Å². The average molecular weight is 290 g/mol. The van der Waals surface area contributed by atoms with Gasteiger partial charge in [0.25, 0.3) is 0 Å². The Bertz CT molecular complexity index is 500. The SMILES string of the molecule is CC.CC1CC1(C)c1ccc(N2CC(CN)OC2=O)cc1. The van der Waals surface area contributed by atoms with Gasteiger partial charge in [0.2, 0.25) is 0 Å². The Labute approximate surface area is 127 Å². The van der Waals surface area contributed by atoms with Crippen molar-refractivity contribution in [2.24, 2.45) is 11.7 Å². The number of rotatable bonds is 3. The quantitative estimate of drug-likeness (QED) is 0.929. The fourth-order valence-corrected chi connectivity index (χ4v) is 2.86. The van der Waals surface area contributed by atoms with Gasteiger partial charge < -0.3 is 10.5 Å². The maximum atomic E-state index is 11.7. The van der Waals surface area contributed by atoms with Gasteiger partial charge in [-0.25, -0.2) is 4.79 Å². The van der Waals surface area contributed by atoms with Gasteiger partial charge in [0, 0.05) is 12.2 Å². The highest BCUT2D eigenvalue weighted by atomic mass is 16.6. The number of amides is 1. The Balaban J connectivity index is 0.000000774. The van der Waals surface area contributed by atoms with Crippen LogP contribution in [0.5, 0.6) is 0 Å². The Morgan fingerprint density at radius 3 is 2.33 bits per heavy atom. The van der Waals surface area contributed by atoms with E-state index >= 15 is 0 Å². The summed E-state index contributed by atoms with van der Waals surface area (Å²) >= 11 is 0. The molecule has 0 bridgehead atoms. The lowest BCUT2D eigenvalue weighted by Crippen LogP contribution is -2.27. The number of carbonyl (C=O) groups is 1. The first-order chi connectivity index (χ1) is 10.0. The van der Waals surface area contributed by atoms with Gasteiger partial charge in [0.05, 0.1) is 6.54 Å². The van der Waals surface area contributed by atoms with Gasteiger partial charge in [0.15, 0.2) is 0 Å². The molecular formula is C17H26N2O2. The summed E-state index contributed by atoms with van der Waals surface area (Å²) in [5.74, 6) is 0.747. The molecule has 4 nitrogen and oxygen atoms in total. The molecule has 1 amide bonds. The topological polar surface area (TPSA) is 55.6 Å². The number of nitrogens with zero attached hydrogens (tertiary/aromatic N) is 1. The second-order valence-electron chi connectivity index (χ2n) is 5.92. The molecule has 3 atom stereocenters. The van der Waals surface area contributed by atoms with E-state index in [0.717, 1.165) is 11.6 Å². The van der Waals surface area contributed by atoms with Crippen LogP contribution in [0, 0.1) is 5.92 Å². The second kappa shape index (κ2) is 6.06. The first-order valence-corrected chi connectivity index (χ1v) is 7.83. The maximum Gasteiger partial charge on any atom is 0.414 e. The summed E-state index contributed by atoms with van der Waals surface area (Å²) < 4.78 is 5.17. The van der Waals surface area contributed by atoms with E-state index < -0.39 is 0 Å². The van der Waals surface area contributed by atoms with Crippen molar-refractivity contribution in [1.82, 2.24) is 0 Å². The van der Waals surface area contributed by atoms with Crippen LogP contribution in [0.25, 0.3) is 0 Å². The molecule has 2 fully saturated rings. The third kappa shape index (κ3) is 2.91. The standard InChI is InChI=1S/C15H20N2O2.C2H6/c1-10-7-15(10,2)11-3-5-12(6-4-11)17-9-13(8-16)19-14(17)18;1-2/h3-6,10,13H,7-9,16H2,1-2H3;1-2H3. The van der Waals surface area contributed by atoms with Gasteiger partial charge in [-0.2, -0.15) is 0 Å². The van der Waals surface area contributed by atoms with Crippen molar-refractivity contribution < 1.29 is 9.53 Å². The Hall–Kier alpha value is -1.55. The zero-order chi connectivity index (χ0) is 15.6. The van der Waals surface area contributed by atoms with Crippen LogP contribution in [0.2, 0.25) is 0 Å². The highest BCUT2D eigenvalue weighted by molar-refractivity contribution is 5.89. The van der Waals surface area contributed by atoms with Crippen LogP contribution in [0.4, 0.5) is 10.5 Å². The molecule has 1 aliphatic carbocycles. The lowest BCUT2D eigenvalue weighted by atomic mass is 9.96. The molecule has 3 rings (SSSR count). The van der Waals surface area contributed by atoms with Gasteiger partial charge in [-0.05, 0) is 35.4 Å². The van der Waals surface area contributed by atoms with Gasteiger partial charge in [-0.15, -0.1) is 0 Å². The summed E-state index contributed by atoms with van der Waals surface area (Å²) in [6.45, 7) is 9.48. The van der Waals surface area contributed by atoms with E-state index in [-0.39, 0.29) is 12.2 Å². The molecule has 0 spiro atoms. The van der Waals surface area contributed by atoms with Gasteiger partial charge in [0.1, 0.15) is 6.10 Å². The Kier molecular flexibility index (Phi) is 4.57. The van der Waals surface area contributed by atoms with E-state index in [4.69, 9.17) is 10.5 Å². The summed E-state index contributed by atoms with van der Waals surface area (Å²) in [6.07, 6.45) is 0.759. The van der Waals surface area contributed by atoms with Crippen molar-refractivity contribution in [2.45, 2.75) is 45.6 Å². The number of anilines is 1. The number of ether oxygens (including phenoxy) is 1. The molecule has 1 saturated heterocycles. The lowest BCUT2D eigenvalue weighted by Gasteiger charge is -2.15. The van der Waals surface area contributed by atoms with Crippen LogP contribution in [-0.4, -0.2) is 25.3 Å². The van der Waals surface area contributed by atoms with Crippen molar-refractivity contribution in [3.63, 3.8) is 0 Å². The van der Waals surface area contributed by atoms with E-state index in [9.17, 15) is 4.79 Å². The number of benzene rings is 1. The van der Waals surface area contributed by atoms with Gasteiger partial charge >= 0.3 is 6.09 Å². The number of cyclic esters (lactones) is 1. The third-order valence-electron chi connectivity index (χ3n) is 4.63. The molecule has 0 radical (unpaired) electrons. The van der Waals surface area contributed by atoms with Crippen LogP contribution in [0.1, 0.15) is 39.7 Å². The van der Waals surface area contributed by atoms with E-state index in [1.54, 1.807) is 4.90 Å². The van der Waals surface area contributed by atoms with Crippen molar-refractivity contribution in [2.75, 3.05) is 18.0 Å². The normalized spacial score (nSPS) is 30.5. The highest BCUT2D eigenvalue weighted by Gasteiger charge is 2.47. The molecule has 2 N–H and O–H groups in total. The van der Waals surface area contributed by atoms with Crippen molar-refractivity contribution in [3.05, 3.63) is 29.8 Å². The second-order valence-corrected chi connectivity index (χ2v) is 5.92. The fraction of sp³-hybridized carbons (Fsp3) is 0.588.